The van der Waals surface area contributed by atoms with Gasteiger partial charge in [-0.05, 0) is 48.0 Å². The lowest BCUT2D eigenvalue weighted by Gasteiger charge is -2.33. The van der Waals surface area contributed by atoms with Crippen LogP contribution in [0, 0.1) is 0 Å². The Balaban J connectivity index is 1.65. The van der Waals surface area contributed by atoms with Gasteiger partial charge in [0.15, 0.2) is 5.82 Å². The van der Waals surface area contributed by atoms with Crippen LogP contribution in [0.5, 0.6) is 0 Å². The van der Waals surface area contributed by atoms with Crippen molar-refractivity contribution in [1.82, 2.24) is 20.7 Å². The zero-order valence-electron chi connectivity index (χ0n) is 15.8. The summed E-state index contributed by atoms with van der Waals surface area (Å²) in [5, 5.41) is 19.0. The minimum absolute atomic E-state index is 0.0297. The molecule has 1 saturated heterocycles. The predicted molar refractivity (Wildman–Crippen MR) is 105 cm³/mol. The molecule has 2 atom stereocenters. The zero-order chi connectivity index (χ0) is 21.3. The van der Waals surface area contributed by atoms with Crippen LogP contribution in [0.25, 0.3) is 10.9 Å². The average molecular weight is 416 g/mol. The van der Waals surface area contributed by atoms with E-state index in [1.807, 2.05) is 0 Å². The fraction of sp³-hybridized carbons (Fsp3) is 0.300. The molecule has 0 saturated carbocycles. The maximum Gasteiger partial charge on any atom is 0.416 e. The number of alkyl halides is 3. The number of nitrogens with two attached hydrogens (primary N) is 1. The SMILES string of the molecule is NC(=O)c1cccc2c(NC3CNCCC3c3ccc(C(F)(F)F)cc3)nnnc12. The molecule has 0 radical (unpaired) electrons. The first kappa shape index (κ1) is 20.0. The Morgan fingerprint density at radius 3 is 2.60 bits per heavy atom. The van der Waals surface area contributed by atoms with Crippen LogP contribution in [0.4, 0.5) is 19.0 Å². The molecule has 3 aromatic rings. The van der Waals surface area contributed by atoms with Crippen LogP contribution in [0.15, 0.2) is 42.5 Å². The molecule has 0 bridgehead atoms. The maximum absolute atomic E-state index is 12.9. The second-order valence-corrected chi connectivity index (χ2v) is 7.17. The number of carbonyl (C=O) groups excluding carboxylic acids is 1. The quantitative estimate of drug-likeness (QED) is 0.604. The van der Waals surface area contributed by atoms with Crippen molar-refractivity contribution in [2.75, 3.05) is 18.4 Å². The number of halogens is 3. The van der Waals surface area contributed by atoms with Crippen LogP contribution in [0.2, 0.25) is 0 Å². The van der Waals surface area contributed by atoms with E-state index in [2.05, 4.69) is 26.0 Å². The number of aromatic nitrogens is 3. The Labute approximate surface area is 169 Å². The smallest absolute Gasteiger partial charge is 0.366 e. The lowest BCUT2D eigenvalue weighted by Crippen LogP contribution is -2.44. The monoisotopic (exact) mass is 416 g/mol. The van der Waals surface area contributed by atoms with Crippen LogP contribution >= 0.6 is 0 Å². The number of anilines is 1. The molecular formula is C20H19F3N6O. The highest BCUT2D eigenvalue weighted by Gasteiger charge is 2.32. The van der Waals surface area contributed by atoms with Crippen LogP contribution in [0.1, 0.15) is 33.8 Å². The Kier molecular flexibility index (Phi) is 5.25. The molecule has 7 nitrogen and oxygen atoms in total. The van der Waals surface area contributed by atoms with Gasteiger partial charge < -0.3 is 16.4 Å². The van der Waals surface area contributed by atoms with Crippen molar-refractivity contribution < 1.29 is 18.0 Å². The van der Waals surface area contributed by atoms with Crippen LogP contribution in [-0.4, -0.2) is 40.4 Å². The molecule has 4 rings (SSSR count). The molecule has 10 heteroatoms. The summed E-state index contributed by atoms with van der Waals surface area (Å²) in [5.74, 6) is -0.208. The van der Waals surface area contributed by atoms with E-state index < -0.39 is 17.6 Å². The number of amides is 1. The molecule has 1 aromatic heterocycles. The van der Waals surface area contributed by atoms with Crippen molar-refractivity contribution in [1.29, 1.82) is 0 Å². The summed E-state index contributed by atoms with van der Waals surface area (Å²) in [6, 6.07) is 10.1. The predicted octanol–water partition coefficient (Wildman–Crippen LogP) is 2.70. The molecule has 0 spiro atoms. The van der Waals surface area contributed by atoms with Crippen molar-refractivity contribution in [3.05, 3.63) is 59.2 Å². The fourth-order valence-corrected chi connectivity index (χ4v) is 3.82. The molecular weight excluding hydrogens is 397 g/mol. The van der Waals surface area contributed by atoms with Gasteiger partial charge in [0, 0.05) is 23.9 Å². The van der Waals surface area contributed by atoms with Gasteiger partial charge in [-0.15, -0.1) is 10.2 Å². The summed E-state index contributed by atoms with van der Waals surface area (Å²) in [6.45, 7) is 1.34. The van der Waals surface area contributed by atoms with Gasteiger partial charge in [-0.25, -0.2) is 0 Å². The molecule has 0 aliphatic carbocycles. The molecule has 1 aliphatic rings. The summed E-state index contributed by atoms with van der Waals surface area (Å²) in [5.41, 5.74) is 6.14. The lowest BCUT2D eigenvalue weighted by molar-refractivity contribution is -0.137. The summed E-state index contributed by atoms with van der Waals surface area (Å²) < 4.78 is 38.7. The van der Waals surface area contributed by atoms with Crippen LogP contribution in [0.3, 0.4) is 0 Å². The van der Waals surface area contributed by atoms with E-state index in [4.69, 9.17) is 5.73 Å². The highest BCUT2D eigenvalue weighted by Crippen LogP contribution is 2.33. The Hall–Kier alpha value is -3.27. The highest BCUT2D eigenvalue weighted by molar-refractivity contribution is 6.06. The number of hydrogen-bond acceptors (Lipinski definition) is 6. The van der Waals surface area contributed by atoms with Gasteiger partial charge in [0.25, 0.3) is 5.91 Å². The standard InChI is InChI=1S/C20H19F3N6O/c21-20(22,23)12-6-4-11(5-7-12)13-8-9-25-10-16(13)26-19-15-3-1-2-14(18(24)30)17(15)27-29-28-19/h1-7,13,16,25H,8-10H2,(H2,24,30)(H,26,27,28). The fourth-order valence-electron chi connectivity index (χ4n) is 3.82. The number of piperidine rings is 1. The van der Waals surface area contributed by atoms with Crippen molar-refractivity contribution >= 4 is 22.6 Å². The second-order valence-electron chi connectivity index (χ2n) is 7.17. The third-order valence-corrected chi connectivity index (χ3v) is 5.32. The number of nitrogens with zero attached hydrogens (tertiary/aromatic N) is 3. The summed E-state index contributed by atoms with van der Waals surface area (Å²) in [4.78, 5) is 11.7. The number of benzene rings is 2. The number of hydrogen-bond donors (Lipinski definition) is 3. The second kappa shape index (κ2) is 7.86. The first-order chi connectivity index (χ1) is 14.3. The van der Waals surface area contributed by atoms with E-state index in [0.29, 0.717) is 23.3 Å². The third kappa shape index (κ3) is 3.90. The van der Waals surface area contributed by atoms with E-state index in [1.165, 1.54) is 12.1 Å². The first-order valence-electron chi connectivity index (χ1n) is 9.41. The molecule has 2 unspecified atom stereocenters. The van der Waals surface area contributed by atoms with Crippen LogP contribution < -0.4 is 16.4 Å². The molecule has 156 valence electrons. The van der Waals surface area contributed by atoms with Crippen molar-refractivity contribution in [2.45, 2.75) is 24.6 Å². The number of carbonyl (C=O) groups is 1. The first-order valence-corrected chi connectivity index (χ1v) is 9.41. The van der Waals surface area contributed by atoms with E-state index in [-0.39, 0.29) is 17.5 Å². The number of primary amides is 1. The number of nitrogens with one attached hydrogen (secondary N) is 2. The average Bonchev–Trinajstić information content (AvgIpc) is 2.73. The molecule has 2 heterocycles. The third-order valence-electron chi connectivity index (χ3n) is 5.32. The van der Waals surface area contributed by atoms with E-state index in [0.717, 1.165) is 30.7 Å². The van der Waals surface area contributed by atoms with Gasteiger partial charge >= 0.3 is 6.18 Å². The van der Waals surface area contributed by atoms with Gasteiger partial charge in [-0.3, -0.25) is 4.79 Å². The summed E-state index contributed by atoms with van der Waals surface area (Å²) >= 11 is 0. The van der Waals surface area contributed by atoms with E-state index in [9.17, 15) is 18.0 Å². The minimum Gasteiger partial charge on any atom is -0.366 e. The van der Waals surface area contributed by atoms with Gasteiger partial charge in [0.05, 0.1) is 11.1 Å². The number of fused-ring (bicyclic) bond motifs is 1. The molecule has 1 aliphatic heterocycles. The molecule has 4 N–H and O–H groups in total. The van der Waals surface area contributed by atoms with Gasteiger partial charge in [0.2, 0.25) is 0 Å². The normalized spacial score (nSPS) is 19.6. The van der Waals surface area contributed by atoms with E-state index >= 15 is 0 Å². The zero-order valence-corrected chi connectivity index (χ0v) is 15.8. The van der Waals surface area contributed by atoms with Crippen molar-refractivity contribution in [3.8, 4) is 0 Å². The molecule has 2 aromatic carbocycles. The number of rotatable bonds is 4. The molecule has 1 fully saturated rings. The lowest BCUT2D eigenvalue weighted by atomic mass is 9.85. The molecule has 1 amide bonds. The van der Waals surface area contributed by atoms with Gasteiger partial charge in [0.1, 0.15) is 5.52 Å². The van der Waals surface area contributed by atoms with Gasteiger partial charge in [-0.2, -0.15) is 13.2 Å². The van der Waals surface area contributed by atoms with E-state index in [1.54, 1.807) is 18.2 Å². The largest absolute Gasteiger partial charge is 0.416 e. The van der Waals surface area contributed by atoms with Crippen molar-refractivity contribution in [2.24, 2.45) is 5.73 Å². The van der Waals surface area contributed by atoms with Gasteiger partial charge in [-0.1, -0.05) is 18.2 Å². The Bertz CT molecular complexity index is 1070. The summed E-state index contributed by atoms with van der Waals surface area (Å²) in [6.07, 6.45) is -3.63. The minimum atomic E-state index is -4.37. The molecule has 30 heavy (non-hydrogen) atoms. The maximum atomic E-state index is 12.9. The Morgan fingerprint density at radius 2 is 1.90 bits per heavy atom. The van der Waals surface area contributed by atoms with Crippen LogP contribution in [-0.2, 0) is 6.18 Å². The van der Waals surface area contributed by atoms with Crippen molar-refractivity contribution in [3.63, 3.8) is 0 Å². The topological polar surface area (TPSA) is 106 Å². The Morgan fingerprint density at radius 1 is 1.13 bits per heavy atom. The summed E-state index contributed by atoms with van der Waals surface area (Å²) in [7, 11) is 0. The highest BCUT2D eigenvalue weighted by atomic mass is 19.4.